The Balaban J connectivity index is 2.23. The number of carbonyl (C=O) groups is 1. The molecule has 13 heavy (non-hydrogen) atoms. The number of hydrogen-bond acceptors (Lipinski definition) is 5. The molecule has 0 atom stereocenters. The third kappa shape index (κ3) is 2.97. The molecule has 0 unspecified atom stereocenters. The topological polar surface area (TPSA) is 65.6 Å². The zero-order valence-corrected chi connectivity index (χ0v) is 7.32. The van der Waals surface area contributed by atoms with Crippen LogP contribution >= 0.6 is 0 Å². The average Bonchev–Trinajstić information content (AvgIpc) is 2.51. The van der Waals surface area contributed by atoms with E-state index >= 15 is 0 Å². The summed E-state index contributed by atoms with van der Waals surface area (Å²) in [5.41, 5.74) is 3.80. The molecule has 0 aromatic carbocycles. The molecule has 0 fully saturated rings. The summed E-state index contributed by atoms with van der Waals surface area (Å²) in [7, 11) is 3.23. The van der Waals surface area contributed by atoms with Gasteiger partial charge in [0.05, 0.1) is 0 Å². The van der Waals surface area contributed by atoms with Gasteiger partial charge in [-0.1, -0.05) is 6.34 Å². The van der Waals surface area contributed by atoms with E-state index in [2.05, 4.69) is 22.3 Å². The quantitative estimate of drug-likeness (QED) is 0.254. The molecular formula is C6H9N6O-. The second-order valence-corrected chi connectivity index (χ2v) is 2.22. The number of hydrazone groups is 2. The number of amides is 1. The van der Waals surface area contributed by atoms with Gasteiger partial charge < -0.3 is 20.5 Å². The van der Waals surface area contributed by atoms with E-state index in [1.54, 1.807) is 7.05 Å². The van der Waals surface area contributed by atoms with Gasteiger partial charge in [0.15, 0.2) is 0 Å². The molecule has 70 valence electrons. The Bertz CT molecular complexity index is 227. The van der Waals surface area contributed by atoms with Crippen LogP contribution in [0.3, 0.4) is 0 Å². The summed E-state index contributed by atoms with van der Waals surface area (Å²) in [5, 5.41) is 11.4. The highest BCUT2D eigenvalue weighted by molar-refractivity contribution is 5.75. The van der Waals surface area contributed by atoms with Crippen LogP contribution in [-0.2, 0) is 4.79 Å². The van der Waals surface area contributed by atoms with Gasteiger partial charge in [-0.05, 0) is 0 Å². The van der Waals surface area contributed by atoms with E-state index in [0.717, 1.165) is 5.01 Å². The van der Waals surface area contributed by atoms with Gasteiger partial charge in [-0.3, -0.25) is 9.80 Å². The van der Waals surface area contributed by atoms with E-state index in [-0.39, 0.29) is 0 Å². The highest BCUT2D eigenvalue weighted by Crippen LogP contribution is 2.06. The summed E-state index contributed by atoms with van der Waals surface area (Å²) < 4.78 is 0. The van der Waals surface area contributed by atoms with E-state index in [1.807, 2.05) is 0 Å². The fourth-order valence-corrected chi connectivity index (χ4v) is 0.569. The van der Waals surface area contributed by atoms with Crippen molar-refractivity contribution in [2.75, 3.05) is 14.1 Å². The Labute approximate surface area is 76.3 Å². The first-order chi connectivity index (χ1) is 6.22. The first kappa shape index (κ1) is 9.30. The fourth-order valence-electron chi connectivity index (χ4n) is 0.569. The van der Waals surface area contributed by atoms with Crippen molar-refractivity contribution < 1.29 is 4.79 Å². The van der Waals surface area contributed by atoms with Crippen LogP contribution in [0.25, 0.3) is 5.43 Å². The lowest BCUT2D eigenvalue weighted by atomic mass is 10.9. The second-order valence-electron chi connectivity index (χ2n) is 2.22. The maximum absolute atomic E-state index is 10.1. The molecule has 1 rings (SSSR count). The van der Waals surface area contributed by atoms with Crippen LogP contribution in [0.4, 0.5) is 0 Å². The third-order valence-corrected chi connectivity index (χ3v) is 1.14. The van der Waals surface area contributed by atoms with E-state index in [9.17, 15) is 4.79 Å². The van der Waals surface area contributed by atoms with Crippen LogP contribution in [0.15, 0.2) is 10.2 Å². The predicted molar refractivity (Wildman–Crippen MR) is 47.0 cm³/mol. The van der Waals surface area contributed by atoms with E-state index < -0.39 is 0 Å². The Morgan fingerprint density at radius 2 is 2.54 bits per heavy atom. The van der Waals surface area contributed by atoms with Gasteiger partial charge in [0.2, 0.25) is 13.1 Å². The molecule has 0 saturated heterocycles. The Morgan fingerprint density at radius 1 is 1.77 bits per heavy atom. The molecular weight excluding hydrogens is 172 g/mol. The zero-order valence-electron chi connectivity index (χ0n) is 7.32. The Morgan fingerprint density at radius 3 is 3.08 bits per heavy atom. The van der Waals surface area contributed by atoms with Crippen LogP contribution in [0.1, 0.15) is 0 Å². The molecule has 1 aliphatic heterocycles. The minimum absolute atomic E-state index is 0.573. The van der Waals surface area contributed by atoms with E-state index in [0.29, 0.717) is 6.41 Å². The minimum Gasteiger partial charge on any atom is -0.379 e. The minimum atomic E-state index is 0.573. The molecule has 7 heteroatoms. The van der Waals surface area contributed by atoms with Crippen molar-refractivity contribution in [2.45, 2.75) is 0 Å². The van der Waals surface area contributed by atoms with Gasteiger partial charge in [-0.15, -0.1) is 0 Å². The Kier molecular flexibility index (Phi) is 3.07. The summed E-state index contributed by atoms with van der Waals surface area (Å²) in [5.74, 6) is 0. The van der Waals surface area contributed by atoms with E-state index in [4.69, 9.17) is 0 Å². The maximum Gasteiger partial charge on any atom is 0.230 e. The van der Waals surface area contributed by atoms with Crippen LogP contribution in [0.2, 0.25) is 0 Å². The summed E-state index contributed by atoms with van der Waals surface area (Å²) in [6.07, 6.45) is 3.27. The van der Waals surface area contributed by atoms with Crippen LogP contribution in [0.5, 0.6) is 0 Å². The van der Waals surface area contributed by atoms with Crippen LogP contribution in [0, 0.1) is 6.67 Å². The van der Waals surface area contributed by atoms with Crippen LogP contribution in [-0.4, -0.2) is 48.2 Å². The van der Waals surface area contributed by atoms with Crippen LogP contribution < -0.4 is 0 Å². The molecule has 1 amide bonds. The lowest BCUT2D eigenvalue weighted by molar-refractivity contribution is -0.116. The smallest absolute Gasteiger partial charge is 0.230 e. The monoisotopic (exact) mass is 181 g/mol. The van der Waals surface area contributed by atoms with Gasteiger partial charge in [0.25, 0.3) is 0 Å². The highest BCUT2D eigenvalue weighted by Gasteiger charge is 2.06. The molecule has 0 bridgehead atoms. The Hall–Kier alpha value is -1.79. The maximum atomic E-state index is 10.1. The van der Waals surface area contributed by atoms with Gasteiger partial charge in [0.1, 0.15) is 6.34 Å². The van der Waals surface area contributed by atoms with Crippen molar-refractivity contribution in [1.29, 1.82) is 0 Å². The predicted octanol–water partition coefficient (Wildman–Crippen LogP) is -0.506. The van der Waals surface area contributed by atoms with Gasteiger partial charge in [-0.2, -0.15) is 5.10 Å². The molecule has 0 aliphatic carbocycles. The number of carbonyl (C=O) groups excluding carboxylic acids is 1. The lowest BCUT2D eigenvalue weighted by Crippen LogP contribution is -2.15. The molecule has 0 aromatic rings. The molecule has 2 radical (unpaired) electrons. The van der Waals surface area contributed by atoms with Crippen molar-refractivity contribution in [3.05, 3.63) is 12.1 Å². The van der Waals surface area contributed by atoms with E-state index in [1.165, 1.54) is 29.7 Å². The van der Waals surface area contributed by atoms with Gasteiger partial charge in [0, 0.05) is 14.1 Å². The number of rotatable bonds is 4. The lowest BCUT2D eigenvalue weighted by Gasteiger charge is -2.20. The van der Waals surface area contributed by atoms with Gasteiger partial charge in [-0.25, -0.2) is 0 Å². The molecule has 1 heterocycles. The first-order valence-electron chi connectivity index (χ1n) is 3.47. The number of nitrogens with zero attached hydrogens (tertiary/aromatic N) is 6. The molecule has 0 spiro atoms. The largest absolute Gasteiger partial charge is 0.379 e. The summed E-state index contributed by atoms with van der Waals surface area (Å²) in [4.78, 5) is 10.1. The van der Waals surface area contributed by atoms with Crippen molar-refractivity contribution in [3.8, 4) is 0 Å². The molecule has 0 aromatic heterocycles. The third-order valence-electron chi connectivity index (χ3n) is 1.14. The summed E-state index contributed by atoms with van der Waals surface area (Å²) >= 11 is 0. The second kappa shape index (κ2) is 4.29. The van der Waals surface area contributed by atoms with Crippen molar-refractivity contribution in [3.63, 3.8) is 0 Å². The van der Waals surface area contributed by atoms with Gasteiger partial charge >= 0.3 is 0 Å². The summed E-state index contributed by atoms with van der Waals surface area (Å²) in [6.45, 7) is 2.73. The molecule has 7 nitrogen and oxygen atoms in total. The fraction of sp³-hybridized carbons (Fsp3) is 0.333. The highest BCUT2D eigenvalue weighted by atomic mass is 16.1. The molecule has 0 N–H and O–H groups in total. The van der Waals surface area contributed by atoms with Crippen molar-refractivity contribution >= 4 is 19.1 Å². The average molecular weight is 181 g/mol. The molecule has 1 aliphatic rings. The SMILES string of the molecule is CN1[C]N([N-]/C=N/N(C)C=O)C=N1. The standard InChI is InChI=1S/C6H9N6O/c1-10-5-12(4-9-10)8-3-7-11(2)6-13/h3-4,6H,1-2H3/q-1. The first-order valence-corrected chi connectivity index (χ1v) is 3.47. The number of hydrogen-bond donors (Lipinski definition) is 0. The molecule has 0 saturated carbocycles. The normalized spacial score (nSPS) is 15.5. The summed E-state index contributed by atoms with van der Waals surface area (Å²) in [6, 6.07) is 0. The van der Waals surface area contributed by atoms with Crippen molar-refractivity contribution in [2.24, 2.45) is 10.2 Å². The zero-order chi connectivity index (χ0) is 9.68. The van der Waals surface area contributed by atoms with Crippen molar-refractivity contribution in [1.82, 2.24) is 15.0 Å².